The highest BCUT2D eigenvalue weighted by Gasteiger charge is 2.16. The molecule has 9 heteroatoms. The Bertz CT molecular complexity index is 1100. The van der Waals surface area contributed by atoms with E-state index in [1.807, 2.05) is 41.1 Å². The van der Waals surface area contributed by atoms with Crippen molar-refractivity contribution in [3.8, 4) is 16.3 Å². The van der Waals surface area contributed by atoms with Gasteiger partial charge in [0.05, 0.1) is 18.4 Å². The number of nitrogens with zero attached hydrogens (tertiary/aromatic N) is 3. The zero-order chi connectivity index (χ0) is 19.3. The molecule has 3 heterocycles. The molecular formula is C19H15N5O2S2. The Balaban J connectivity index is 1.55. The number of para-hydroxylation sites is 2. The number of aromatic nitrogens is 3. The Morgan fingerprint density at radius 1 is 1.11 bits per heavy atom. The molecule has 3 aromatic heterocycles. The van der Waals surface area contributed by atoms with Crippen LogP contribution in [0.15, 0.2) is 59.4 Å². The van der Waals surface area contributed by atoms with Gasteiger partial charge in [-0.05, 0) is 35.7 Å². The molecule has 0 radical (unpaired) electrons. The van der Waals surface area contributed by atoms with Crippen LogP contribution in [0.3, 0.4) is 0 Å². The van der Waals surface area contributed by atoms with Crippen molar-refractivity contribution in [2.45, 2.75) is 0 Å². The molecule has 140 valence electrons. The predicted molar refractivity (Wildman–Crippen MR) is 112 cm³/mol. The second kappa shape index (κ2) is 8.15. The van der Waals surface area contributed by atoms with Crippen molar-refractivity contribution < 1.29 is 9.53 Å². The van der Waals surface area contributed by atoms with E-state index in [0.29, 0.717) is 27.9 Å². The minimum Gasteiger partial charge on any atom is -0.495 e. The predicted octanol–water partition coefficient (Wildman–Crippen LogP) is 4.67. The maximum Gasteiger partial charge on any atom is 0.261 e. The largest absolute Gasteiger partial charge is 0.495 e. The van der Waals surface area contributed by atoms with Crippen LogP contribution in [-0.2, 0) is 0 Å². The number of carbonyl (C=O) groups is 1. The van der Waals surface area contributed by atoms with Crippen LogP contribution in [-0.4, -0.2) is 28.2 Å². The number of methoxy groups -OCH3 is 1. The molecule has 1 aromatic carbocycles. The van der Waals surface area contributed by atoms with Crippen LogP contribution in [0.5, 0.6) is 5.75 Å². The zero-order valence-corrected chi connectivity index (χ0v) is 16.4. The summed E-state index contributed by atoms with van der Waals surface area (Å²) in [5.74, 6) is 0.759. The van der Waals surface area contributed by atoms with Crippen molar-refractivity contribution >= 4 is 45.2 Å². The van der Waals surface area contributed by atoms with E-state index in [1.54, 1.807) is 36.8 Å². The molecule has 0 saturated heterocycles. The number of anilines is 3. The molecule has 28 heavy (non-hydrogen) atoms. The Kier molecular flexibility index (Phi) is 5.27. The van der Waals surface area contributed by atoms with Crippen LogP contribution in [0.2, 0.25) is 0 Å². The van der Waals surface area contributed by atoms with Gasteiger partial charge in [0.15, 0.2) is 0 Å². The number of hydrogen-bond donors (Lipinski definition) is 2. The fraction of sp³-hybridized carbons (Fsp3) is 0.0526. The lowest BCUT2D eigenvalue weighted by Crippen LogP contribution is -2.14. The molecule has 4 rings (SSSR count). The number of carbonyl (C=O) groups excluding carboxylic acids is 1. The molecule has 2 N–H and O–H groups in total. The first-order valence-electron chi connectivity index (χ1n) is 8.27. The highest BCUT2D eigenvalue weighted by Crippen LogP contribution is 2.30. The van der Waals surface area contributed by atoms with Gasteiger partial charge in [-0.3, -0.25) is 10.1 Å². The van der Waals surface area contributed by atoms with Crippen LogP contribution in [0, 0.1) is 0 Å². The third-order valence-corrected chi connectivity index (χ3v) is 5.40. The summed E-state index contributed by atoms with van der Waals surface area (Å²) in [6.45, 7) is 0. The smallest absolute Gasteiger partial charge is 0.261 e. The third-order valence-electron chi connectivity index (χ3n) is 3.83. The molecule has 0 aliphatic rings. The summed E-state index contributed by atoms with van der Waals surface area (Å²) < 4.78 is 5.35. The summed E-state index contributed by atoms with van der Waals surface area (Å²) in [6.07, 6.45) is 1.62. The fourth-order valence-corrected chi connectivity index (χ4v) is 3.95. The minimum absolute atomic E-state index is 0.321. The molecule has 0 aliphatic carbocycles. The van der Waals surface area contributed by atoms with Gasteiger partial charge in [0.1, 0.15) is 16.6 Å². The van der Waals surface area contributed by atoms with Crippen molar-refractivity contribution in [1.82, 2.24) is 15.2 Å². The van der Waals surface area contributed by atoms with Crippen LogP contribution < -0.4 is 15.4 Å². The van der Waals surface area contributed by atoms with Gasteiger partial charge < -0.3 is 10.1 Å². The monoisotopic (exact) mass is 409 g/mol. The molecule has 0 unspecified atom stereocenters. The van der Waals surface area contributed by atoms with Gasteiger partial charge in [-0.1, -0.05) is 23.5 Å². The first kappa shape index (κ1) is 18.1. The first-order valence-corrected chi connectivity index (χ1v) is 10.0. The van der Waals surface area contributed by atoms with Gasteiger partial charge in [0, 0.05) is 17.1 Å². The summed E-state index contributed by atoms with van der Waals surface area (Å²) in [5, 5.41) is 19.3. The number of thiophene rings is 1. The molecule has 0 atom stereocenters. The van der Waals surface area contributed by atoms with E-state index in [9.17, 15) is 4.79 Å². The van der Waals surface area contributed by atoms with E-state index < -0.39 is 0 Å². The van der Waals surface area contributed by atoms with E-state index in [0.717, 1.165) is 10.6 Å². The average Bonchev–Trinajstić information content (AvgIpc) is 3.40. The minimum atomic E-state index is -0.321. The second-order valence-corrected chi connectivity index (χ2v) is 7.36. The van der Waals surface area contributed by atoms with Crippen molar-refractivity contribution in [2.75, 3.05) is 17.7 Å². The Morgan fingerprint density at radius 2 is 2.00 bits per heavy atom. The van der Waals surface area contributed by atoms with Crippen LogP contribution >= 0.6 is 22.7 Å². The van der Waals surface area contributed by atoms with Gasteiger partial charge in [-0.2, -0.15) is 11.3 Å². The van der Waals surface area contributed by atoms with Crippen LogP contribution in [0.1, 0.15) is 10.4 Å². The van der Waals surface area contributed by atoms with Gasteiger partial charge in [0.2, 0.25) is 5.13 Å². The average molecular weight is 409 g/mol. The fourth-order valence-electron chi connectivity index (χ4n) is 2.50. The number of ether oxygens (including phenoxy) is 1. The van der Waals surface area contributed by atoms with Crippen LogP contribution in [0.25, 0.3) is 10.6 Å². The SMILES string of the molecule is COc1ccccc1Nc1ncccc1C(=O)Nc1nnc(-c2ccsc2)s1. The lowest BCUT2D eigenvalue weighted by atomic mass is 10.2. The van der Waals surface area contributed by atoms with Crippen LogP contribution in [0.4, 0.5) is 16.6 Å². The van der Waals surface area contributed by atoms with Crippen molar-refractivity contribution in [3.05, 3.63) is 65.0 Å². The maximum atomic E-state index is 12.8. The highest BCUT2D eigenvalue weighted by atomic mass is 32.1. The Hall–Kier alpha value is -3.30. The highest BCUT2D eigenvalue weighted by molar-refractivity contribution is 7.19. The van der Waals surface area contributed by atoms with E-state index in [2.05, 4.69) is 25.8 Å². The number of hydrogen-bond acceptors (Lipinski definition) is 8. The Morgan fingerprint density at radius 3 is 2.82 bits per heavy atom. The number of nitrogens with one attached hydrogen (secondary N) is 2. The lowest BCUT2D eigenvalue weighted by molar-refractivity contribution is 0.102. The van der Waals surface area contributed by atoms with E-state index in [4.69, 9.17) is 4.74 Å². The standard InChI is InChI=1S/C19H15N5O2S2/c1-26-15-7-3-2-6-14(15)21-16-13(5-4-9-20-16)17(25)22-19-24-23-18(28-19)12-8-10-27-11-12/h2-11H,1H3,(H,20,21)(H,22,24,25). The third kappa shape index (κ3) is 3.85. The van der Waals surface area contributed by atoms with Crippen molar-refractivity contribution in [1.29, 1.82) is 0 Å². The van der Waals surface area contributed by atoms with Gasteiger partial charge in [-0.25, -0.2) is 4.98 Å². The normalized spacial score (nSPS) is 10.5. The summed E-state index contributed by atoms with van der Waals surface area (Å²) in [7, 11) is 1.59. The van der Waals surface area contributed by atoms with Crippen molar-refractivity contribution in [2.24, 2.45) is 0 Å². The summed E-state index contributed by atoms with van der Waals surface area (Å²) in [6, 6.07) is 12.8. The molecule has 4 aromatic rings. The van der Waals surface area contributed by atoms with Gasteiger partial charge in [-0.15, -0.1) is 10.2 Å². The van der Waals surface area contributed by atoms with E-state index >= 15 is 0 Å². The number of pyridine rings is 1. The number of benzene rings is 1. The van der Waals surface area contributed by atoms with Crippen molar-refractivity contribution in [3.63, 3.8) is 0 Å². The lowest BCUT2D eigenvalue weighted by Gasteiger charge is -2.12. The molecular weight excluding hydrogens is 394 g/mol. The topological polar surface area (TPSA) is 89.0 Å². The maximum absolute atomic E-state index is 12.8. The van der Waals surface area contributed by atoms with E-state index in [1.165, 1.54) is 11.3 Å². The summed E-state index contributed by atoms with van der Waals surface area (Å²) in [5.41, 5.74) is 2.09. The molecule has 1 amide bonds. The Labute approximate surface area is 169 Å². The van der Waals surface area contributed by atoms with Gasteiger partial charge >= 0.3 is 0 Å². The molecule has 0 aliphatic heterocycles. The second-order valence-electron chi connectivity index (χ2n) is 5.60. The first-order chi connectivity index (χ1) is 13.7. The molecule has 0 spiro atoms. The molecule has 7 nitrogen and oxygen atoms in total. The number of rotatable bonds is 6. The molecule has 0 fully saturated rings. The molecule has 0 bridgehead atoms. The summed E-state index contributed by atoms with van der Waals surface area (Å²) >= 11 is 2.91. The number of amides is 1. The van der Waals surface area contributed by atoms with Gasteiger partial charge in [0.25, 0.3) is 5.91 Å². The summed E-state index contributed by atoms with van der Waals surface area (Å²) in [4.78, 5) is 17.1. The molecule has 0 saturated carbocycles. The quantitative estimate of drug-likeness (QED) is 0.481. The zero-order valence-electron chi connectivity index (χ0n) is 14.7. The van der Waals surface area contributed by atoms with E-state index in [-0.39, 0.29) is 5.91 Å².